The van der Waals surface area contributed by atoms with Gasteiger partial charge in [0.25, 0.3) is 0 Å². The number of aliphatic hydroxyl groups is 2. The van der Waals surface area contributed by atoms with Crippen molar-refractivity contribution in [2.75, 3.05) is 6.61 Å². The van der Waals surface area contributed by atoms with E-state index in [1.54, 1.807) is 0 Å². The van der Waals surface area contributed by atoms with Crippen molar-refractivity contribution in [2.45, 2.75) is 302 Å². The van der Waals surface area contributed by atoms with E-state index in [0.29, 0.717) is 19.3 Å². The molecule has 6 heteroatoms. The first kappa shape index (κ1) is 61.8. The fraction of sp³-hybridized carbons (Fsp3) is 0.828. The smallest absolute Gasteiger partial charge is 0.306 e. The van der Waals surface area contributed by atoms with Crippen LogP contribution in [-0.4, -0.2) is 46.9 Å². The summed E-state index contributed by atoms with van der Waals surface area (Å²) in [5.74, 6) is -0.482. The number of hydrogen-bond donors (Lipinski definition) is 3. The first-order chi connectivity index (χ1) is 31.5. The molecular weight excluding hydrogens is 791 g/mol. The van der Waals surface area contributed by atoms with E-state index in [1.165, 1.54) is 148 Å². The lowest BCUT2D eigenvalue weighted by molar-refractivity contribution is -0.151. The third-order valence-corrected chi connectivity index (χ3v) is 12.6. The molecule has 0 aliphatic heterocycles. The summed E-state index contributed by atoms with van der Waals surface area (Å²) >= 11 is 0. The van der Waals surface area contributed by atoms with Crippen LogP contribution in [0.5, 0.6) is 0 Å². The molecule has 0 heterocycles. The van der Waals surface area contributed by atoms with Gasteiger partial charge in [-0.2, -0.15) is 0 Å². The highest BCUT2D eigenvalue weighted by molar-refractivity contribution is 5.77. The van der Waals surface area contributed by atoms with Gasteiger partial charge in [0.2, 0.25) is 5.91 Å². The Bertz CT molecular complexity index is 1100. The molecule has 0 aromatic heterocycles. The second kappa shape index (κ2) is 51.8. The maximum absolute atomic E-state index is 13.3. The molecule has 0 radical (unpaired) electrons. The molecule has 64 heavy (non-hydrogen) atoms. The number of unbranched alkanes of at least 4 members (excludes halogenated alkanes) is 30. The molecule has 3 atom stereocenters. The average molecular weight is 898 g/mol. The summed E-state index contributed by atoms with van der Waals surface area (Å²) in [6.45, 7) is 6.37. The Labute approximate surface area is 397 Å². The van der Waals surface area contributed by atoms with E-state index >= 15 is 0 Å². The van der Waals surface area contributed by atoms with Crippen molar-refractivity contribution in [1.82, 2.24) is 5.32 Å². The molecule has 0 saturated carbocycles. The Morgan fingerprint density at radius 1 is 0.469 bits per heavy atom. The Morgan fingerprint density at radius 2 is 0.844 bits per heavy atom. The lowest BCUT2D eigenvalue weighted by Gasteiger charge is -2.24. The first-order valence-electron chi connectivity index (χ1n) is 27.9. The Hall–Kier alpha value is -2.18. The normalized spacial score (nSPS) is 13.5. The average Bonchev–Trinajstić information content (AvgIpc) is 3.29. The van der Waals surface area contributed by atoms with E-state index in [1.807, 2.05) is 0 Å². The Morgan fingerprint density at radius 3 is 1.30 bits per heavy atom. The standard InChI is InChI=1S/C58H107NO5/c1-4-7-10-13-16-19-22-25-28-29-30-31-34-37-40-43-46-49-54(64-58(63)51-48-45-42-39-36-33-27-24-21-18-15-12-9-6-3)52-57(62)59-55(53-60)56(61)50-47-44-41-38-35-32-26-23-20-17-14-11-8-5-2/h9,12,16,18-19,21,25,28,54-56,60-61H,4-8,10-11,13-15,17,20,22-24,26-27,29-53H2,1-3H3,(H,59,62)/b12-9+,19-16-,21-18+,28-25-. The fourth-order valence-corrected chi connectivity index (χ4v) is 8.44. The minimum Gasteiger partial charge on any atom is -0.462 e. The minimum absolute atomic E-state index is 0.0701. The van der Waals surface area contributed by atoms with Crippen LogP contribution in [0.2, 0.25) is 0 Å². The molecule has 374 valence electrons. The van der Waals surface area contributed by atoms with Crippen molar-refractivity contribution in [3.8, 4) is 0 Å². The Balaban J connectivity index is 4.58. The third-order valence-electron chi connectivity index (χ3n) is 12.6. The molecule has 0 bridgehead atoms. The maximum Gasteiger partial charge on any atom is 0.306 e. The molecule has 3 unspecified atom stereocenters. The SMILES string of the molecule is CC/C=C/C/C=C/CCCCCCCCCC(=O)OC(CCCCCCCCC/C=C\C/C=C\CCCCC)CC(=O)NC(CO)C(O)CCCCCCCCCCCCCCCC. The van der Waals surface area contributed by atoms with Crippen molar-refractivity contribution in [2.24, 2.45) is 0 Å². The molecule has 0 saturated heterocycles. The van der Waals surface area contributed by atoms with Gasteiger partial charge in [0.1, 0.15) is 6.10 Å². The van der Waals surface area contributed by atoms with E-state index in [9.17, 15) is 19.8 Å². The van der Waals surface area contributed by atoms with Gasteiger partial charge in [0.15, 0.2) is 0 Å². The summed E-state index contributed by atoms with van der Waals surface area (Å²) in [6, 6.07) is -0.706. The quantitative estimate of drug-likeness (QED) is 0.0321. The van der Waals surface area contributed by atoms with Gasteiger partial charge in [0, 0.05) is 6.42 Å². The van der Waals surface area contributed by atoms with Crippen molar-refractivity contribution in [3.05, 3.63) is 48.6 Å². The molecule has 0 aromatic carbocycles. The maximum atomic E-state index is 13.3. The van der Waals surface area contributed by atoms with Gasteiger partial charge in [-0.15, -0.1) is 0 Å². The van der Waals surface area contributed by atoms with Crippen LogP contribution in [0.1, 0.15) is 284 Å². The summed E-state index contributed by atoms with van der Waals surface area (Å²) in [5, 5.41) is 23.9. The number of esters is 1. The van der Waals surface area contributed by atoms with Gasteiger partial charge in [-0.3, -0.25) is 9.59 Å². The zero-order valence-electron chi connectivity index (χ0n) is 42.7. The molecule has 0 aliphatic rings. The predicted molar refractivity (Wildman–Crippen MR) is 278 cm³/mol. The van der Waals surface area contributed by atoms with E-state index in [-0.39, 0.29) is 24.9 Å². The van der Waals surface area contributed by atoms with E-state index in [4.69, 9.17) is 4.74 Å². The van der Waals surface area contributed by atoms with Gasteiger partial charge in [0.05, 0.1) is 25.2 Å². The number of hydrogen-bond acceptors (Lipinski definition) is 5. The zero-order chi connectivity index (χ0) is 46.7. The number of amides is 1. The van der Waals surface area contributed by atoms with Crippen LogP contribution in [0.4, 0.5) is 0 Å². The lowest BCUT2D eigenvalue weighted by Crippen LogP contribution is -2.46. The van der Waals surface area contributed by atoms with Crippen LogP contribution in [0.25, 0.3) is 0 Å². The largest absolute Gasteiger partial charge is 0.462 e. The third kappa shape index (κ3) is 46.4. The summed E-state index contributed by atoms with van der Waals surface area (Å²) < 4.78 is 5.95. The predicted octanol–water partition coefficient (Wildman–Crippen LogP) is 17.0. The van der Waals surface area contributed by atoms with Crippen molar-refractivity contribution in [1.29, 1.82) is 0 Å². The summed E-state index contributed by atoms with van der Waals surface area (Å²) in [5.41, 5.74) is 0. The summed E-state index contributed by atoms with van der Waals surface area (Å²) in [7, 11) is 0. The number of allylic oxidation sites excluding steroid dienone is 8. The van der Waals surface area contributed by atoms with Gasteiger partial charge in [-0.25, -0.2) is 0 Å². The molecule has 1 amide bonds. The molecule has 0 rings (SSSR count). The Kier molecular flexibility index (Phi) is 50.0. The second-order valence-electron chi connectivity index (χ2n) is 19.0. The second-order valence-corrected chi connectivity index (χ2v) is 19.0. The highest BCUT2D eigenvalue weighted by Crippen LogP contribution is 2.18. The zero-order valence-corrected chi connectivity index (χ0v) is 42.7. The van der Waals surface area contributed by atoms with Crippen LogP contribution < -0.4 is 5.32 Å². The first-order valence-corrected chi connectivity index (χ1v) is 27.9. The molecule has 3 N–H and O–H groups in total. The molecular formula is C58H107NO5. The number of rotatable bonds is 50. The molecule has 0 fully saturated rings. The minimum atomic E-state index is -0.791. The molecule has 6 nitrogen and oxygen atoms in total. The molecule has 0 aliphatic carbocycles. The monoisotopic (exact) mass is 898 g/mol. The van der Waals surface area contributed by atoms with Crippen LogP contribution in [0.15, 0.2) is 48.6 Å². The topological polar surface area (TPSA) is 95.9 Å². The number of nitrogens with one attached hydrogen (secondary N) is 1. The van der Waals surface area contributed by atoms with E-state index < -0.39 is 18.2 Å². The van der Waals surface area contributed by atoms with E-state index in [2.05, 4.69) is 74.7 Å². The number of ether oxygens (including phenoxy) is 1. The van der Waals surface area contributed by atoms with Gasteiger partial charge >= 0.3 is 5.97 Å². The van der Waals surface area contributed by atoms with Crippen LogP contribution in [-0.2, 0) is 14.3 Å². The van der Waals surface area contributed by atoms with Crippen molar-refractivity contribution in [3.63, 3.8) is 0 Å². The molecule has 0 spiro atoms. The number of carbonyl (C=O) groups excluding carboxylic acids is 2. The highest BCUT2D eigenvalue weighted by Gasteiger charge is 2.24. The van der Waals surface area contributed by atoms with Crippen molar-refractivity contribution < 1.29 is 24.5 Å². The van der Waals surface area contributed by atoms with Gasteiger partial charge < -0.3 is 20.3 Å². The van der Waals surface area contributed by atoms with Gasteiger partial charge in [-0.05, 0) is 83.5 Å². The van der Waals surface area contributed by atoms with Crippen LogP contribution in [0.3, 0.4) is 0 Å². The van der Waals surface area contributed by atoms with Crippen LogP contribution >= 0.6 is 0 Å². The van der Waals surface area contributed by atoms with Gasteiger partial charge in [-0.1, -0.05) is 236 Å². The summed E-state index contributed by atoms with van der Waals surface area (Å²) in [6.07, 6.45) is 63.1. The van der Waals surface area contributed by atoms with Crippen LogP contribution in [0, 0.1) is 0 Å². The molecule has 0 aromatic rings. The summed E-state index contributed by atoms with van der Waals surface area (Å²) in [4.78, 5) is 26.2. The fourth-order valence-electron chi connectivity index (χ4n) is 8.44. The number of carbonyl (C=O) groups is 2. The van der Waals surface area contributed by atoms with E-state index in [0.717, 1.165) is 89.9 Å². The van der Waals surface area contributed by atoms with Crippen molar-refractivity contribution >= 4 is 11.9 Å². The lowest BCUT2D eigenvalue weighted by atomic mass is 10.0. The highest BCUT2D eigenvalue weighted by atomic mass is 16.5. The number of aliphatic hydroxyl groups excluding tert-OH is 2.